The van der Waals surface area contributed by atoms with E-state index in [1.165, 1.54) is 17.8 Å². The number of nitrogens with zero attached hydrogens (tertiary/aromatic N) is 5. The summed E-state index contributed by atoms with van der Waals surface area (Å²) in [4.78, 5) is 56.1. The summed E-state index contributed by atoms with van der Waals surface area (Å²) in [6.45, 7) is 3.72. The van der Waals surface area contributed by atoms with Crippen LogP contribution in [0.5, 0.6) is 0 Å². The molecule has 0 saturated carbocycles. The van der Waals surface area contributed by atoms with Crippen molar-refractivity contribution in [2.75, 3.05) is 38.5 Å². The van der Waals surface area contributed by atoms with Gasteiger partial charge in [0.15, 0.2) is 5.16 Å². The number of piperazine rings is 1. The quantitative estimate of drug-likeness (QED) is 0.432. The van der Waals surface area contributed by atoms with E-state index in [9.17, 15) is 19.2 Å². The van der Waals surface area contributed by atoms with Gasteiger partial charge in [-0.05, 0) is 31.2 Å². The number of hydrogen-bond acceptors (Lipinski definition) is 8. The lowest BCUT2D eigenvalue weighted by molar-refractivity contribution is -0.129. The molecule has 1 aromatic carbocycles. The first-order valence-electron chi connectivity index (χ1n) is 11.2. The minimum Gasteiger partial charge on any atom is -0.450 e. The zero-order chi connectivity index (χ0) is 25.7. The Labute approximate surface area is 214 Å². The largest absolute Gasteiger partial charge is 0.450 e. The number of aromatic amines is 2. The lowest BCUT2D eigenvalue weighted by atomic mass is 10.2. The first-order chi connectivity index (χ1) is 17.3. The van der Waals surface area contributed by atoms with Gasteiger partial charge in [0.1, 0.15) is 5.82 Å². The van der Waals surface area contributed by atoms with Crippen molar-refractivity contribution in [2.24, 2.45) is 0 Å². The lowest BCUT2D eigenvalue weighted by Crippen LogP contribution is -2.51. The third kappa shape index (κ3) is 6.15. The Morgan fingerprint density at radius 2 is 1.75 bits per heavy atom. The number of aromatic nitrogens is 5. The van der Waals surface area contributed by atoms with Gasteiger partial charge in [0, 0.05) is 55.1 Å². The summed E-state index contributed by atoms with van der Waals surface area (Å²) in [6.07, 6.45) is -0.233. The van der Waals surface area contributed by atoms with E-state index in [2.05, 4.69) is 20.2 Å². The minimum atomic E-state index is -0.613. The summed E-state index contributed by atoms with van der Waals surface area (Å²) in [7, 11) is 0. The Hall–Kier alpha value is -3.58. The first-order valence-corrected chi connectivity index (χ1v) is 12.6. The molecule has 0 unspecified atom stereocenters. The number of hydrogen-bond donors (Lipinski definition) is 2. The second kappa shape index (κ2) is 11.4. The minimum absolute atomic E-state index is 0.0883. The molecule has 0 bridgehead atoms. The summed E-state index contributed by atoms with van der Waals surface area (Å²) in [5, 5.41) is 9.53. The van der Waals surface area contributed by atoms with Gasteiger partial charge >= 0.3 is 11.8 Å². The van der Waals surface area contributed by atoms with Crippen LogP contribution in [0.1, 0.15) is 18.4 Å². The predicted octanol–water partition coefficient (Wildman–Crippen LogP) is 1.28. The van der Waals surface area contributed by atoms with Gasteiger partial charge in [-0.25, -0.2) is 9.59 Å². The van der Waals surface area contributed by atoms with Crippen molar-refractivity contribution < 1.29 is 14.3 Å². The molecule has 0 atom stereocenters. The third-order valence-electron chi connectivity index (χ3n) is 5.43. The van der Waals surface area contributed by atoms with Gasteiger partial charge < -0.3 is 19.5 Å². The van der Waals surface area contributed by atoms with E-state index in [-0.39, 0.29) is 24.2 Å². The molecule has 4 rings (SSSR count). The van der Waals surface area contributed by atoms with Crippen molar-refractivity contribution in [3.63, 3.8) is 0 Å². The van der Waals surface area contributed by atoms with Gasteiger partial charge in [-0.15, -0.1) is 10.2 Å². The van der Waals surface area contributed by atoms with Gasteiger partial charge in [0.2, 0.25) is 5.91 Å². The van der Waals surface area contributed by atoms with E-state index in [1.54, 1.807) is 45.6 Å². The summed E-state index contributed by atoms with van der Waals surface area (Å²) >= 11 is 7.27. The molecule has 14 heteroatoms. The highest BCUT2D eigenvalue weighted by atomic mass is 35.5. The molecule has 12 nitrogen and oxygen atoms in total. The fourth-order valence-electron chi connectivity index (χ4n) is 3.71. The van der Waals surface area contributed by atoms with Crippen molar-refractivity contribution in [3.05, 3.63) is 67.7 Å². The van der Waals surface area contributed by atoms with Crippen LogP contribution in [0.3, 0.4) is 0 Å². The SMILES string of the molecule is CCOC(=O)N1CCN(C(=O)CSc2nnc(Cc3cc(=O)[nH]c(=O)[nH]3)n2-c2ccc(Cl)cc2)CC1. The van der Waals surface area contributed by atoms with E-state index in [1.807, 2.05) is 0 Å². The molecule has 0 radical (unpaired) electrons. The molecule has 1 aliphatic heterocycles. The Morgan fingerprint density at radius 1 is 1.06 bits per heavy atom. The average molecular weight is 534 g/mol. The monoisotopic (exact) mass is 533 g/mol. The number of carbonyl (C=O) groups is 2. The third-order valence-corrected chi connectivity index (χ3v) is 6.60. The van der Waals surface area contributed by atoms with Gasteiger partial charge in [-0.3, -0.25) is 19.1 Å². The van der Waals surface area contributed by atoms with Gasteiger partial charge in [0.25, 0.3) is 5.56 Å². The van der Waals surface area contributed by atoms with E-state index in [0.717, 1.165) is 0 Å². The molecule has 2 amide bonds. The second-order valence-electron chi connectivity index (χ2n) is 7.86. The zero-order valence-electron chi connectivity index (χ0n) is 19.4. The van der Waals surface area contributed by atoms with Crippen LogP contribution in [0.15, 0.2) is 45.1 Å². The number of thioether (sulfide) groups is 1. The maximum Gasteiger partial charge on any atom is 0.409 e. The molecule has 0 aliphatic carbocycles. The number of amides is 2. The molecule has 2 N–H and O–H groups in total. The lowest BCUT2D eigenvalue weighted by Gasteiger charge is -2.34. The van der Waals surface area contributed by atoms with Crippen molar-refractivity contribution in [3.8, 4) is 5.69 Å². The molecule has 3 heterocycles. The number of ether oxygens (including phenoxy) is 1. The zero-order valence-corrected chi connectivity index (χ0v) is 21.0. The fraction of sp³-hybridized carbons (Fsp3) is 0.364. The molecule has 36 heavy (non-hydrogen) atoms. The van der Waals surface area contributed by atoms with Crippen LogP contribution in [0.2, 0.25) is 5.02 Å². The van der Waals surface area contributed by atoms with Crippen LogP contribution in [0, 0.1) is 0 Å². The van der Waals surface area contributed by atoms with E-state index < -0.39 is 11.2 Å². The van der Waals surface area contributed by atoms with Crippen molar-refractivity contribution in [1.29, 1.82) is 0 Å². The Kier molecular flexibility index (Phi) is 8.10. The van der Waals surface area contributed by atoms with Gasteiger partial charge in [-0.1, -0.05) is 23.4 Å². The van der Waals surface area contributed by atoms with Crippen molar-refractivity contribution in [1.82, 2.24) is 34.5 Å². The number of carbonyl (C=O) groups excluding carboxylic acids is 2. The molecule has 190 valence electrons. The normalized spacial score (nSPS) is 13.6. The molecular formula is C22H24ClN7O5S. The molecule has 1 aliphatic rings. The summed E-state index contributed by atoms with van der Waals surface area (Å²) in [5.41, 5.74) is -0.0455. The molecule has 3 aromatic rings. The number of benzene rings is 1. The smallest absolute Gasteiger partial charge is 0.409 e. The number of halogens is 1. The Morgan fingerprint density at radius 3 is 2.42 bits per heavy atom. The fourth-order valence-corrected chi connectivity index (χ4v) is 4.71. The molecule has 1 fully saturated rings. The van der Waals surface area contributed by atoms with Gasteiger partial charge in [0.05, 0.1) is 12.4 Å². The predicted molar refractivity (Wildman–Crippen MR) is 133 cm³/mol. The topological polar surface area (TPSA) is 146 Å². The van der Waals surface area contributed by atoms with Crippen molar-refractivity contribution >= 4 is 35.4 Å². The van der Waals surface area contributed by atoms with Crippen LogP contribution < -0.4 is 11.2 Å². The average Bonchev–Trinajstić information content (AvgIpc) is 3.24. The van der Waals surface area contributed by atoms with Crippen molar-refractivity contribution in [2.45, 2.75) is 18.5 Å². The van der Waals surface area contributed by atoms with E-state index in [0.29, 0.717) is 60.2 Å². The van der Waals surface area contributed by atoms with E-state index >= 15 is 0 Å². The summed E-state index contributed by atoms with van der Waals surface area (Å²) < 4.78 is 6.77. The van der Waals surface area contributed by atoms with Crippen LogP contribution in [-0.4, -0.2) is 85.1 Å². The summed E-state index contributed by atoms with van der Waals surface area (Å²) in [6, 6.07) is 8.30. The second-order valence-corrected chi connectivity index (χ2v) is 9.23. The summed E-state index contributed by atoms with van der Waals surface area (Å²) in [5.74, 6) is 0.499. The molecular weight excluding hydrogens is 510 g/mol. The maximum absolute atomic E-state index is 12.9. The molecule has 2 aromatic heterocycles. The Bertz CT molecular complexity index is 1320. The Balaban J connectivity index is 1.49. The number of nitrogens with one attached hydrogen (secondary N) is 2. The molecule has 0 spiro atoms. The first kappa shape index (κ1) is 25.5. The van der Waals surface area contributed by atoms with Crippen LogP contribution in [-0.2, 0) is 16.0 Å². The molecule has 1 saturated heterocycles. The highest BCUT2D eigenvalue weighted by Gasteiger charge is 2.25. The maximum atomic E-state index is 12.9. The highest BCUT2D eigenvalue weighted by molar-refractivity contribution is 7.99. The standard InChI is InChI=1S/C22H24ClN7O5S/c1-2-35-22(34)29-9-7-28(8-10-29)19(32)13-36-21-27-26-17(11-15-12-18(31)25-20(33)24-15)30(21)16-5-3-14(23)4-6-16/h3-6,12H,2,7-11,13H2,1H3,(H2,24,25,31,33). The van der Waals surface area contributed by atoms with Crippen LogP contribution >= 0.6 is 23.4 Å². The van der Waals surface area contributed by atoms with Gasteiger partial charge in [-0.2, -0.15) is 0 Å². The van der Waals surface area contributed by atoms with Crippen LogP contribution in [0.25, 0.3) is 5.69 Å². The highest BCUT2D eigenvalue weighted by Crippen LogP contribution is 2.24. The number of H-pyrrole nitrogens is 2. The van der Waals surface area contributed by atoms with E-state index in [4.69, 9.17) is 16.3 Å². The van der Waals surface area contributed by atoms with Crippen LogP contribution in [0.4, 0.5) is 4.79 Å². The number of rotatable bonds is 7.